The highest BCUT2D eigenvalue weighted by atomic mass is 17.1. The summed E-state index contributed by atoms with van der Waals surface area (Å²) in [5.41, 5.74) is 0. The fourth-order valence-electron chi connectivity index (χ4n) is 2.71. The van der Waals surface area contributed by atoms with E-state index in [1.54, 1.807) is 6.92 Å². The quantitative estimate of drug-likeness (QED) is 0.0602. The highest BCUT2D eigenvalue weighted by Gasteiger charge is 2.10. The van der Waals surface area contributed by atoms with E-state index in [4.69, 9.17) is 25.4 Å². The second kappa shape index (κ2) is 54.2. The molecule has 0 amide bonds. The lowest BCUT2D eigenvalue weighted by atomic mass is 10.1. The predicted octanol–water partition coefficient (Wildman–Crippen LogP) is 3.89. The van der Waals surface area contributed by atoms with Gasteiger partial charge < -0.3 is 58.0 Å². The van der Waals surface area contributed by atoms with Crippen LogP contribution in [0.25, 0.3) is 0 Å². The topological polar surface area (TPSA) is 463 Å². The fraction of sp³-hybridized carbons (Fsp3) is 0.553. The van der Waals surface area contributed by atoms with Gasteiger partial charge in [-0.05, 0) is 19.8 Å². The Morgan fingerprint density at radius 3 is 0.594 bits per heavy atom. The van der Waals surface area contributed by atoms with Gasteiger partial charge in [-0.1, -0.05) is 25.7 Å². The summed E-state index contributed by atoms with van der Waals surface area (Å²) >= 11 is 0. The summed E-state index contributed by atoms with van der Waals surface area (Å²) in [4.78, 5) is 174. The van der Waals surface area contributed by atoms with Crippen molar-refractivity contribution < 1.29 is 150 Å². The molecule has 4 N–H and O–H groups in total. The number of unbranched alkanes of at least 4 members (excludes halogenated alkanes) is 5. The van der Waals surface area contributed by atoms with E-state index in [1.807, 2.05) is 0 Å². The number of rotatable bonds is 10. The first-order chi connectivity index (χ1) is 31.5. The van der Waals surface area contributed by atoms with Gasteiger partial charge in [0.2, 0.25) is 0 Å². The maximum absolute atomic E-state index is 11.0. The van der Waals surface area contributed by atoms with Crippen LogP contribution in [0.5, 0.6) is 0 Å². The molecule has 0 aromatic carbocycles. The van der Waals surface area contributed by atoms with E-state index in [0.29, 0.717) is 19.4 Å². The van der Waals surface area contributed by atoms with Crippen molar-refractivity contribution >= 4 is 102 Å². The summed E-state index contributed by atoms with van der Waals surface area (Å²) in [6.45, 7) is 14.4. The molecule has 0 atom stereocenters. The highest BCUT2D eigenvalue weighted by Crippen LogP contribution is 2.09. The van der Waals surface area contributed by atoms with Crippen molar-refractivity contribution in [3.05, 3.63) is 0 Å². The minimum atomic E-state index is -1.83. The standard InChI is InChI=1S/C14H22O6.2C5H6O5.2C4H6O3.C3H4O4.C2H6O2.CH2O3/c1-11(15)19-13(17)9-7-5-3-4-6-8-10-14(18)20-12(2)16;2*1-3(6)9-5(8)10-4(2)7;2*1-3(5)7-4(2)6;1-2(4)7-3(5)6;1-2-4-3;2-1(3)4/h3-10H2,1-2H3;2*1-2H3;2*1-2H3;1H3,(H,5,6);3H,2H2,1H3;(H2,2,3,4). The molecule has 0 saturated heterocycles. The average molecular weight is 1010 g/mol. The van der Waals surface area contributed by atoms with Gasteiger partial charge in [0.25, 0.3) is 0 Å². The molecular weight excluding hydrogens is 952 g/mol. The van der Waals surface area contributed by atoms with Crippen LogP contribution in [0.4, 0.5) is 19.2 Å². The van der Waals surface area contributed by atoms with Gasteiger partial charge in [0, 0.05) is 89.0 Å². The number of hydrogen-bond acceptors (Lipinski definition) is 28. The average Bonchev–Trinajstić information content (AvgIpc) is 3.10. The third kappa shape index (κ3) is 126. The van der Waals surface area contributed by atoms with Crippen LogP contribution >= 0.6 is 0 Å². The smallest absolute Gasteiger partial charge is 0.450 e. The van der Waals surface area contributed by atoms with Gasteiger partial charge in [-0.2, -0.15) is 0 Å². The molecule has 0 aliphatic rings. The zero-order chi connectivity index (χ0) is 56.2. The monoisotopic (exact) mass is 1010 g/mol. The van der Waals surface area contributed by atoms with Gasteiger partial charge in [0.15, 0.2) is 0 Å². The molecule has 31 heteroatoms. The number of hydrogen-bond donors (Lipinski definition) is 4. The van der Waals surface area contributed by atoms with E-state index in [1.165, 1.54) is 41.5 Å². The summed E-state index contributed by atoms with van der Waals surface area (Å²) in [5, 5.41) is 29.0. The predicted molar refractivity (Wildman–Crippen MR) is 218 cm³/mol. The number of carbonyl (C=O) groups excluding carboxylic acids is 15. The van der Waals surface area contributed by atoms with Gasteiger partial charge >= 0.3 is 102 Å². The molecule has 0 bridgehead atoms. The SMILES string of the molecule is CC(=O)OC(=O)CCCCCCCCC(=O)OC(C)=O.CC(=O)OC(=O)O.CC(=O)OC(=O)OC(C)=O.CC(=O)OC(=O)OC(C)=O.CC(=O)OC(C)=O.CC(=O)OC(C)=O.CCOO.O=C(O)O. The molecule has 0 fully saturated rings. The Bertz CT molecular complexity index is 1460. The van der Waals surface area contributed by atoms with E-state index in [-0.39, 0.29) is 12.8 Å². The van der Waals surface area contributed by atoms with Crippen LogP contribution in [-0.2, 0) is 110 Å². The summed E-state index contributed by atoms with van der Waals surface area (Å²) in [5.74, 6) is -8.43. The van der Waals surface area contributed by atoms with Crippen LogP contribution in [0.15, 0.2) is 0 Å². The summed E-state index contributed by atoms with van der Waals surface area (Å²) in [7, 11) is 0. The van der Waals surface area contributed by atoms with Crippen molar-refractivity contribution in [3.8, 4) is 0 Å². The van der Waals surface area contributed by atoms with Crippen LogP contribution in [0, 0.1) is 0 Å². The molecule has 0 unspecified atom stereocenters. The Morgan fingerprint density at radius 1 is 0.304 bits per heavy atom. The van der Waals surface area contributed by atoms with Gasteiger partial charge in [0.05, 0.1) is 6.61 Å². The summed E-state index contributed by atoms with van der Waals surface area (Å²) in [6.07, 6.45) is -0.418. The molecule has 0 aliphatic carbocycles. The zero-order valence-corrected chi connectivity index (χ0v) is 39.7. The lowest BCUT2D eigenvalue weighted by Gasteiger charge is -2.02. The molecule has 0 aliphatic heterocycles. The van der Waals surface area contributed by atoms with Crippen molar-refractivity contribution in [2.24, 2.45) is 0 Å². The molecule has 0 rings (SSSR count). The van der Waals surface area contributed by atoms with Gasteiger partial charge in [-0.25, -0.2) is 24.1 Å². The molecule has 69 heavy (non-hydrogen) atoms. The van der Waals surface area contributed by atoms with Crippen LogP contribution in [0.3, 0.4) is 0 Å². The molecule has 0 radical (unpaired) electrons. The van der Waals surface area contributed by atoms with Crippen LogP contribution < -0.4 is 0 Å². The second-order valence-corrected chi connectivity index (χ2v) is 11.2. The first kappa shape index (κ1) is 78.1. The number of carboxylic acid groups (broad SMARTS) is 3. The molecule has 31 nitrogen and oxygen atoms in total. The van der Waals surface area contributed by atoms with Crippen molar-refractivity contribution in [3.63, 3.8) is 0 Å². The first-order valence-electron chi connectivity index (χ1n) is 18.7. The molecule has 0 aromatic heterocycles. The number of ether oxygens (including phenoxy) is 9. The van der Waals surface area contributed by atoms with E-state index < -0.39 is 102 Å². The summed E-state index contributed by atoms with van der Waals surface area (Å²) < 4.78 is 35.6. The van der Waals surface area contributed by atoms with E-state index in [9.17, 15) is 76.7 Å². The third-order valence-electron chi connectivity index (χ3n) is 4.37. The van der Waals surface area contributed by atoms with Crippen LogP contribution in [0.1, 0.15) is 134 Å². The minimum absolute atomic E-state index is 0.254. The Labute approximate surface area is 392 Å². The maximum Gasteiger partial charge on any atom is 0.524 e. The maximum atomic E-state index is 11.0. The minimum Gasteiger partial charge on any atom is -0.450 e. The molecule has 0 heterocycles. The van der Waals surface area contributed by atoms with E-state index in [0.717, 1.165) is 60.3 Å². The Kier molecular flexibility index (Phi) is 61.4. The normalized spacial score (nSPS) is 8.36. The van der Waals surface area contributed by atoms with Crippen molar-refractivity contribution in [2.45, 2.75) is 134 Å². The molecular formula is C38H58O31. The van der Waals surface area contributed by atoms with Crippen LogP contribution in [0.2, 0.25) is 0 Å². The van der Waals surface area contributed by atoms with E-state index in [2.05, 4.69) is 47.5 Å². The lowest BCUT2D eigenvalue weighted by Crippen LogP contribution is -2.13. The zero-order valence-electron chi connectivity index (χ0n) is 39.7. The first-order valence-corrected chi connectivity index (χ1v) is 18.7. The Morgan fingerprint density at radius 2 is 0.478 bits per heavy atom. The summed E-state index contributed by atoms with van der Waals surface area (Å²) in [6, 6.07) is 0. The Balaban J connectivity index is -0.000000109. The van der Waals surface area contributed by atoms with E-state index >= 15 is 0 Å². The van der Waals surface area contributed by atoms with Crippen LogP contribution in [-0.4, -0.2) is 129 Å². The molecule has 0 aromatic rings. The fourth-order valence-corrected chi connectivity index (χ4v) is 2.71. The second-order valence-electron chi connectivity index (χ2n) is 11.2. The largest absolute Gasteiger partial charge is 0.524 e. The number of carbonyl (C=O) groups is 17. The third-order valence-corrected chi connectivity index (χ3v) is 4.37. The molecule has 396 valence electrons. The highest BCUT2D eigenvalue weighted by molar-refractivity contribution is 5.88. The molecule has 0 saturated carbocycles. The van der Waals surface area contributed by atoms with Gasteiger partial charge in [-0.15, -0.1) is 0 Å². The van der Waals surface area contributed by atoms with Crippen molar-refractivity contribution in [1.82, 2.24) is 0 Å². The lowest BCUT2D eigenvalue weighted by molar-refractivity contribution is -0.237. The van der Waals surface area contributed by atoms with Gasteiger partial charge in [-0.3, -0.25) is 67.6 Å². The number of esters is 13. The van der Waals surface area contributed by atoms with Crippen molar-refractivity contribution in [1.29, 1.82) is 0 Å². The molecule has 0 spiro atoms. The van der Waals surface area contributed by atoms with Gasteiger partial charge in [0.1, 0.15) is 0 Å². The van der Waals surface area contributed by atoms with Crippen molar-refractivity contribution in [2.75, 3.05) is 6.61 Å². The Hall–Kier alpha value is -8.09.